The van der Waals surface area contributed by atoms with Gasteiger partial charge < -0.3 is 9.47 Å². The van der Waals surface area contributed by atoms with Gasteiger partial charge in [-0.2, -0.15) is 0 Å². The highest BCUT2D eigenvalue weighted by molar-refractivity contribution is 7.22. The molecule has 26 heavy (non-hydrogen) atoms. The molecular formula is C20H20N2O3S. The van der Waals surface area contributed by atoms with Gasteiger partial charge in [0.05, 0.1) is 23.4 Å². The van der Waals surface area contributed by atoms with E-state index in [9.17, 15) is 4.79 Å². The number of ether oxygens (including phenoxy) is 2. The van der Waals surface area contributed by atoms with Gasteiger partial charge in [0, 0.05) is 6.08 Å². The number of nitrogens with one attached hydrogen (secondary N) is 1. The SMILES string of the molecule is CCOc1ccc(/C=C/C(=O)Nc2nc3ccc(OCC)cc3s2)cc1. The van der Waals surface area contributed by atoms with Gasteiger partial charge in [0.2, 0.25) is 5.91 Å². The highest BCUT2D eigenvalue weighted by Gasteiger charge is 2.07. The van der Waals surface area contributed by atoms with Gasteiger partial charge in [-0.3, -0.25) is 10.1 Å². The Hall–Kier alpha value is -2.86. The molecule has 0 saturated heterocycles. The molecule has 0 radical (unpaired) electrons. The molecule has 0 unspecified atom stereocenters. The monoisotopic (exact) mass is 368 g/mol. The molecule has 134 valence electrons. The number of amides is 1. The Labute approximate surface area is 156 Å². The lowest BCUT2D eigenvalue weighted by molar-refractivity contribution is -0.111. The Morgan fingerprint density at radius 1 is 1.08 bits per heavy atom. The number of benzene rings is 2. The van der Waals surface area contributed by atoms with Crippen LogP contribution in [0.2, 0.25) is 0 Å². The summed E-state index contributed by atoms with van der Waals surface area (Å²) < 4.78 is 11.9. The third-order valence-corrected chi connectivity index (χ3v) is 4.45. The van der Waals surface area contributed by atoms with Crippen LogP contribution in [0.5, 0.6) is 11.5 Å². The third kappa shape index (κ3) is 4.61. The van der Waals surface area contributed by atoms with Crippen molar-refractivity contribution in [2.75, 3.05) is 18.5 Å². The van der Waals surface area contributed by atoms with E-state index < -0.39 is 0 Å². The van der Waals surface area contributed by atoms with E-state index in [4.69, 9.17) is 9.47 Å². The average Bonchev–Trinajstić information content (AvgIpc) is 3.03. The number of fused-ring (bicyclic) bond motifs is 1. The van der Waals surface area contributed by atoms with Crippen LogP contribution in [0.3, 0.4) is 0 Å². The van der Waals surface area contributed by atoms with Crippen LogP contribution in [-0.2, 0) is 4.79 Å². The summed E-state index contributed by atoms with van der Waals surface area (Å²) in [7, 11) is 0. The van der Waals surface area contributed by atoms with Gasteiger partial charge in [-0.1, -0.05) is 23.5 Å². The van der Waals surface area contributed by atoms with E-state index in [1.54, 1.807) is 6.08 Å². The standard InChI is InChI=1S/C20H20N2O3S/c1-3-24-15-8-5-14(6-9-15)7-12-19(23)22-20-21-17-11-10-16(25-4-2)13-18(17)26-20/h5-13H,3-4H2,1-2H3,(H,21,22,23)/b12-7+. The predicted octanol–water partition coefficient (Wildman–Crippen LogP) is 4.75. The van der Waals surface area contributed by atoms with E-state index in [1.807, 2.05) is 56.3 Å². The molecule has 1 heterocycles. The van der Waals surface area contributed by atoms with Gasteiger partial charge in [0.1, 0.15) is 11.5 Å². The van der Waals surface area contributed by atoms with Gasteiger partial charge in [-0.05, 0) is 55.8 Å². The molecule has 3 aromatic rings. The normalized spacial score (nSPS) is 11.0. The fourth-order valence-corrected chi connectivity index (χ4v) is 3.27. The average molecular weight is 368 g/mol. The first-order chi connectivity index (χ1) is 12.7. The van der Waals surface area contributed by atoms with Crippen molar-refractivity contribution in [2.45, 2.75) is 13.8 Å². The van der Waals surface area contributed by atoms with E-state index in [2.05, 4.69) is 10.3 Å². The Morgan fingerprint density at radius 2 is 1.77 bits per heavy atom. The second-order valence-corrected chi connectivity index (χ2v) is 6.44. The minimum atomic E-state index is -0.219. The van der Waals surface area contributed by atoms with Gasteiger partial charge >= 0.3 is 0 Å². The second kappa shape index (κ2) is 8.49. The number of rotatable bonds is 7. The summed E-state index contributed by atoms with van der Waals surface area (Å²) in [6.45, 7) is 5.13. The van der Waals surface area contributed by atoms with Crippen molar-refractivity contribution in [1.82, 2.24) is 4.98 Å². The summed E-state index contributed by atoms with van der Waals surface area (Å²) in [5.74, 6) is 1.40. The van der Waals surface area contributed by atoms with E-state index >= 15 is 0 Å². The van der Waals surface area contributed by atoms with E-state index in [-0.39, 0.29) is 5.91 Å². The van der Waals surface area contributed by atoms with Gasteiger partial charge in [-0.15, -0.1) is 0 Å². The molecule has 0 bridgehead atoms. The first-order valence-electron chi connectivity index (χ1n) is 8.43. The molecule has 1 amide bonds. The summed E-state index contributed by atoms with van der Waals surface area (Å²) >= 11 is 1.42. The van der Waals surface area contributed by atoms with Crippen LogP contribution >= 0.6 is 11.3 Å². The van der Waals surface area contributed by atoms with Crippen LogP contribution in [0, 0.1) is 0 Å². The molecule has 2 aromatic carbocycles. The first-order valence-corrected chi connectivity index (χ1v) is 9.25. The van der Waals surface area contributed by atoms with Crippen LogP contribution in [0.4, 0.5) is 5.13 Å². The molecule has 0 fully saturated rings. The summed E-state index contributed by atoms with van der Waals surface area (Å²) in [5.41, 5.74) is 1.76. The Bertz CT molecular complexity index is 916. The van der Waals surface area contributed by atoms with Crippen LogP contribution in [0.25, 0.3) is 16.3 Å². The van der Waals surface area contributed by atoms with E-state index in [0.29, 0.717) is 18.3 Å². The van der Waals surface area contributed by atoms with Crippen molar-refractivity contribution in [2.24, 2.45) is 0 Å². The highest BCUT2D eigenvalue weighted by atomic mass is 32.1. The fourth-order valence-electron chi connectivity index (χ4n) is 2.38. The number of anilines is 1. The minimum Gasteiger partial charge on any atom is -0.494 e. The number of thiazole rings is 1. The number of carbonyl (C=O) groups excluding carboxylic acids is 1. The Kier molecular flexibility index (Phi) is 5.86. The van der Waals surface area contributed by atoms with Gasteiger partial charge in [0.25, 0.3) is 0 Å². The van der Waals surface area contributed by atoms with Gasteiger partial charge in [0.15, 0.2) is 5.13 Å². The molecule has 0 spiro atoms. The van der Waals surface area contributed by atoms with Crippen LogP contribution in [0.1, 0.15) is 19.4 Å². The molecule has 1 N–H and O–H groups in total. The van der Waals surface area contributed by atoms with Crippen LogP contribution < -0.4 is 14.8 Å². The number of nitrogens with zero attached hydrogens (tertiary/aromatic N) is 1. The largest absolute Gasteiger partial charge is 0.494 e. The lowest BCUT2D eigenvalue weighted by atomic mass is 10.2. The molecule has 5 nitrogen and oxygen atoms in total. The van der Waals surface area contributed by atoms with Crippen LogP contribution in [0.15, 0.2) is 48.5 Å². The maximum atomic E-state index is 12.1. The Morgan fingerprint density at radius 3 is 2.50 bits per heavy atom. The summed E-state index contributed by atoms with van der Waals surface area (Å²) in [5, 5.41) is 3.37. The van der Waals surface area contributed by atoms with Crippen molar-refractivity contribution < 1.29 is 14.3 Å². The molecule has 6 heteroatoms. The molecule has 0 saturated carbocycles. The maximum absolute atomic E-state index is 12.1. The number of carbonyl (C=O) groups is 1. The molecule has 0 aliphatic heterocycles. The summed E-state index contributed by atoms with van der Waals surface area (Å²) in [6.07, 6.45) is 3.25. The molecular weight excluding hydrogens is 348 g/mol. The van der Waals surface area contributed by atoms with Crippen LogP contribution in [-0.4, -0.2) is 24.1 Å². The molecule has 0 atom stereocenters. The highest BCUT2D eigenvalue weighted by Crippen LogP contribution is 2.29. The fraction of sp³-hybridized carbons (Fsp3) is 0.200. The van der Waals surface area contributed by atoms with Crippen molar-refractivity contribution in [1.29, 1.82) is 0 Å². The zero-order valence-corrected chi connectivity index (χ0v) is 15.5. The van der Waals surface area contributed by atoms with Gasteiger partial charge in [-0.25, -0.2) is 4.98 Å². The molecule has 3 rings (SSSR count). The molecule has 1 aromatic heterocycles. The molecule has 0 aliphatic carbocycles. The predicted molar refractivity (Wildman–Crippen MR) is 106 cm³/mol. The third-order valence-electron chi connectivity index (χ3n) is 3.52. The van der Waals surface area contributed by atoms with Crippen molar-refractivity contribution in [3.8, 4) is 11.5 Å². The van der Waals surface area contributed by atoms with Crippen molar-refractivity contribution in [3.63, 3.8) is 0 Å². The Balaban J connectivity index is 1.64. The van der Waals surface area contributed by atoms with E-state index in [0.717, 1.165) is 27.3 Å². The summed E-state index contributed by atoms with van der Waals surface area (Å²) in [4.78, 5) is 16.5. The maximum Gasteiger partial charge on any atom is 0.250 e. The zero-order valence-electron chi connectivity index (χ0n) is 14.7. The quantitative estimate of drug-likeness (QED) is 0.612. The topological polar surface area (TPSA) is 60.5 Å². The minimum absolute atomic E-state index is 0.219. The molecule has 0 aliphatic rings. The first kappa shape index (κ1) is 17.9. The van der Waals surface area contributed by atoms with Crippen molar-refractivity contribution >= 4 is 38.7 Å². The second-order valence-electron chi connectivity index (χ2n) is 5.41. The van der Waals surface area contributed by atoms with Crippen molar-refractivity contribution in [3.05, 3.63) is 54.1 Å². The smallest absolute Gasteiger partial charge is 0.250 e. The number of hydrogen-bond acceptors (Lipinski definition) is 5. The lowest BCUT2D eigenvalue weighted by Gasteiger charge is -2.02. The number of hydrogen-bond donors (Lipinski definition) is 1. The zero-order chi connectivity index (χ0) is 18.4. The number of aromatic nitrogens is 1. The lowest BCUT2D eigenvalue weighted by Crippen LogP contribution is -2.07. The van der Waals surface area contributed by atoms with E-state index in [1.165, 1.54) is 17.4 Å². The summed E-state index contributed by atoms with van der Waals surface area (Å²) in [6, 6.07) is 13.3.